The Balaban J connectivity index is 1.55. The zero-order chi connectivity index (χ0) is 14.7. The number of carbonyl (C=O) groups is 1. The van der Waals surface area contributed by atoms with Crippen LogP contribution in [0.5, 0.6) is 0 Å². The largest absolute Gasteiger partial charge is 0.378 e. The Morgan fingerprint density at radius 1 is 1.48 bits per heavy atom. The van der Waals surface area contributed by atoms with Gasteiger partial charge in [-0.05, 0) is 37.8 Å². The lowest BCUT2D eigenvalue weighted by Crippen LogP contribution is -2.29. The van der Waals surface area contributed by atoms with Crippen molar-refractivity contribution in [2.45, 2.75) is 31.8 Å². The molecule has 0 saturated carbocycles. The van der Waals surface area contributed by atoms with Crippen molar-refractivity contribution in [1.82, 2.24) is 14.9 Å². The maximum Gasteiger partial charge on any atom is 0.289 e. The number of para-hydroxylation sites is 2. The molecule has 5 heteroatoms. The molecule has 5 nitrogen and oxygen atoms in total. The first-order valence-corrected chi connectivity index (χ1v) is 7.56. The van der Waals surface area contributed by atoms with E-state index in [1.54, 1.807) is 4.90 Å². The van der Waals surface area contributed by atoms with Crippen LogP contribution in [0.4, 0.5) is 0 Å². The molecule has 1 aliphatic rings. The standard InChI is InChI=1S/C16H21N3O2/c1-19(10-4-6-12-7-5-11-21-12)16(20)15-17-13-8-2-3-9-14(13)18-15/h2-3,8-9,12H,4-7,10-11H2,1H3,(H,17,18)/t12-/m0/s1. The quantitative estimate of drug-likeness (QED) is 0.919. The van der Waals surface area contributed by atoms with Crippen molar-refractivity contribution in [1.29, 1.82) is 0 Å². The van der Waals surface area contributed by atoms with Crippen LogP contribution < -0.4 is 0 Å². The topological polar surface area (TPSA) is 58.2 Å². The highest BCUT2D eigenvalue weighted by Gasteiger charge is 2.18. The second-order valence-corrected chi connectivity index (χ2v) is 5.61. The van der Waals surface area contributed by atoms with E-state index in [1.807, 2.05) is 31.3 Å². The van der Waals surface area contributed by atoms with Crippen LogP contribution in [-0.2, 0) is 4.74 Å². The molecule has 112 valence electrons. The Bertz CT molecular complexity index is 584. The van der Waals surface area contributed by atoms with Crippen molar-refractivity contribution < 1.29 is 9.53 Å². The third kappa shape index (κ3) is 3.24. The van der Waals surface area contributed by atoms with Gasteiger partial charge in [0, 0.05) is 20.2 Å². The number of rotatable bonds is 5. The van der Waals surface area contributed by atoms with Gasteiger partial charge in [-0.15, -0.1) is 0 Å². The lowest BCUT2D eigenvalue weighted by atomic mass is 10.1. The van der Waals surface area contributed by atoms with Gasteiger partial charge >= 0.3 is 0 Å². The fourth-order valence-electron chi connectivity index (χ4n) is 2.76. The van der Waals surface area contributed by atoms with Gasteiger partial charge in [-0.2, -0.15) is 0 Å². The number of nitrogens with zero attached hydrogens (tertiary/aromatic N) is 2. The van der Waals surface area contributed by atoms with E-state index in [1.165, 1.54) is 6.42 Å². The molecule has 1 atom stereocenters. The van der Waals surface area contributed by atoms with Crippen LogP contribution >= 0.6 is 0 Å². The van der Waals surface area contributed by atoms with E-state index < -0.39 is 0 Å². The van der Waals surface area contributed by atoms with Crippen molar-refractivity contribution in [2.75, 3.05) is 20.2 Å². The predicted molar refractivity (Wildman–Crippen MR) is 81.3 cm³/mol. The summed E-state index contributed by atoms with van der Waals surface area (Å²) in [5.74, 6) is 0.356. The number of amides is 1. The molecule has 1 N–H and O–H groups in total. The van der Waals surface area contributed by atoms with Gasteiger partial charge in [-0.1, -0.05) is 12.1 Å². The summed E-state index contributed by atoms with van der Waals surface area (Å²) in [5, 5.41) is 0. The van der Waals surface area contributed by atoms with Gasteiger partial charge in [-0.3, -0.25) is 4.79 Å². The summed E-state index contributed by atoms with van der Waals surface area (Å²) in [4.78, 5) is 21.5. The molecule has 2 heterocycles. The van der Waals surface area contributed by atoms with E-state index >= 15 is 0 Å². The maximum absolute atomic E-state index is 12.3. The number of nitrogens with one attached hydrogen (secondary N) is 1. The van der Waals surface area contributed by atoms with Crippen molar-refractivity contribution in [3.8, 4) is 0 Å². The van der Waals surface area contributed by atoms with Crippen LogP contribution in [0.2, 0.25) is 0 Å². The van der Waals surface area contributed by atoms with Crippen molar-refractivity contribution in [3.05, 3.63) is 30.1 Å². The fourth-order valence-corrected chi connectivity index (χ4v) is 2.76. The Morgan fingerprint density at radius 3 is 3.10 bits per heavy atom. The van der Waals surface area contributed by atoms with E-state index in [4.69, 9.17) is 4.74 Å². The molecule has 0 spiro atoms. The molecule has 21 heavy (non-hydrogen) atoms. The first kappa shape index (κ1) is 14.1. The molecule has 1 aromatic carbocycles. The number of hydrogen-bond acceptors (Lipinski definition) is 3. The number of imidazole rings is 1. The summed E-state index contributed by atoms with van der Waals surface area (Å²) >= 11 is 0. The number of aromatic amines is 1. The SMILES string of the molecule is CN(CCC[C@H]1CCCO1)C(=O)c1nc2ccccc2[nH]1. The third-order valence-corrected chi connectivity index (χ3v) is 3.98. The van der Waals surface area contributed by atoms with Gasteiger partial charge in [0.05, 0.1) is 17.1 Å². The molecule has 0 aliphatic carbocycles. The zero-order valence-corrected chi connectivity index (χ0v) is 12.3. The minimum absolute atomic E-state index is 0.0569. The van der Waals surface area contributed by atoms with Gasteiger partial charge in [0.2, 0.25) is 0 Å². The second kappa shape index (κ2) is 6.26. The van der Waals surface area contributed by atoms with Crippen LogP contribution in [0, 0.1) is 0 Å². The minimum atomic E-state index is -0.0569. The number of hydrogen-bond donors (Lipinski definition) is 1. The fraction of sp³-hybridized carbons (Fsp3) is 0.500. The lowest BCUT2D eigenvalue weighted by Gasteiger charge is -2.16. The van der Waals surface area contributed by atoms with Crippen LogP contribution in [0.3, 0.4) is 0 Å². The molecule has 1 amide bonds. The van der Waals surface area contributed by atoms with Gasteiger partial charge in [-0.25, -0.2) is 4.98 Å². The van der Waals surface area contributed by atoms with Crippen molar-refractivity contribution in [3.63, 3.8) is 0 Å². The van der Waals surface area contributed by atoms with Crippen LogP contribution in [0.1, 0.15) is 36.3 Å². The highest BCUT2D eigenvalue weighted by molar-refractivity contribution is 5.93. The molecular formula is C16H21N3O2. The van der Waals surface area contributed by atoms with Gasteiger partial charge < -0.3 is 14.6 Å². The van der Waals surface area contributed by atoms with E-state index in [2.05, 4.69) is 9.97 Å². The van der Waals surface area contributed by atoms with Crippen LogP contribution in [0.15, 0.2) is 24.3 Å². The second-order valence-electron chi connectivity index (χ2n) is 5.61. The number of ether oxygens (including phenoxy) is 1. The summed E-state index contributed by atoms with van der Waals surface area (Å²) in [6.45, 7) is 1.62. The Kier molecular flexibility index (Phi) is 4.20. The molecule has 1 aromatic heterocycles. The van der Waals surface area contributed by atoms with Crippen molar-refractivity contribution in [2.24, 2.45) is 0 Å². The Labute approximate surface area is 124 Å². The zero-order valence-electron chi connectivity index (χ0n) is 12.3. The molecule has 1 fully saturated rings. The van der Waals surface area contributed by atoms with Crippen LogP contribution in [0.25, 0.3) is 11.0 Å². The molecule has 3 rings (SSSR count). The molecular weight excluding hydrogens is 266 g/mol. The van der Waals surface area contributed by atoms with E-state index in [0.29, 0.717) is 11.9 Å². The number of fused-ring (bicyclic) bond motifs is 1. The minimum Gasteiger partial charge on any atom is -0.378 e. The monoisotopic (exact) mass is 287 g/mol. The Hall–Kier alpha value is -1.88. The molecule has 0 radical (unpaired) electrons. The summed E-state index contributed by atoms with van der Waals surface area (Å²) in [6.07, 6.45) is 4.70. The lowest BCUT2D eigenvalue weighted by molar-refractivity contribution is 0.0753. The Morgan fingerprint density at radius 2 is 2.33 bits per heavy atom. The van der Waals surface area contributed by atoms with Crippen molar-refractivity contribution >= 4 is 16.9 Å². The first-order valence-electron chi connectivity index (χ1n) is 7.56. The third-order valence-electron chi connectivity index (χ3n) is 3.98. The average Bonchev–Trinajstić information content (AvgIpc) is 3.15. The highest BCUT2D eigenvalue weighted by Crippen LogP contribution is 2.17. The number of aromatic nitrogens is 2. The molecule has 1 saturated heterocycles. The molecule has 0 unspecified atom stereocenters. The molecule has 1 aliphatic heterocycles. The van der Waals surface area contributed by atoms with E-state index in [-0.39, 0.29) is 5.91 Å². The number of H-pyrrole nitrogens is 1. The van der Waals surface area contributed by atoms with Gasteiger partial charge in [0.1, 0.15) is 0 Å². The number of carbonyl (C=O) groups excluding carboxylic acids is 1. The normalized spacial score (nSPS) is 18.2. The molecule has 0 bridgehead atoms. The molecule has 2 aromatic rings. The summed E-state index contributed by atoms with van der Waals surface area (Å²) in [7, 11) is 1.82. The van der Waals surface area contributed by atoms with Crippen LogP contribution in [-0.4, -0.2) is 47.1 Å². The smallest absolute Gasteiger partial charge is 0.289 e. The predicted octanol–water partition coefficient (Wildman–Crippen LogP) is 2.59. The summed E-state index contributed by atoms with van der Waals surface area (Å²) in [5.41, 5.74) is 1.72. The first-order chi connectivity index (χ1) is 10.2. The van der Waals surface area contributed by atoms with E-state index in [9.17, 15) is 4.79 Å². The summed E-state index contributed by atoms with van der Waals surface area (Å²) in [6, 6.07) is 7.68. The van der Waals surface area contributed by atoms with E-state index in [0.717, 1.165) is 43.4 Å². The average molecular weight is 287 g/mol. The summed E-state index contributed by atoms with van der Waals surface area (Å²) < 4.78 is 5.60. The van der Waals surface area contributed by atoms with Gasteiger partial charge in [0.15, 0.2) is 5.82 Å². The maximum atomic E-state index is 12.3. The highest BCUT2D eigenvalue weighted by atomic mass is 16.5. The number of benzene rings is 1. The van der Waals surface area contributed by atoms with Gasteiger partial charge in [0.25, 0.3) is 5.91 Å².